The lowest BCUT2D eigenvalue weighted by molar-refractivity contribution is 0.0939. The standard InChI is InChI=1S/C20H20N2O2.C2H6/c1-12-7-9-15(21)11-17(12)20(24)22-13(2)19-16-6-4-3-5-14(16)8-10-18(19)23;1-2/h3-11,13,23H,21H2,1-2H3,(H,22,24);1-2H3. The molecule has 4 heteroatoms. The number of anilines is 1. The first-order chi connectivity index (χ1) is 12.5. The molecular weight excluding hydrogens is 324 g/mol. The number of carbonyl (C=O) groups is 1. The summed E-state index contributed by atoms with van der Waals surface area (Å²) in [5, 5.41) is 15.2. The van der Waals surface area contributed by atoms with Gasteiger partial charge in [0.25, 0.3) is 5.91 Å². The smallest absolute Gasteiger partial charge is 0.252 e. The summed E-state index contributed by atoms with van der Waals surface area (Å²) in [5.74, 6) is -0.0366. The third-order valence-electron chi connectivity index (χ3n) is 4.23. The van der Waals surface area contributed by atoms with Gasteiger partial charge >= 0.3 is 0 Å². The van der Waals surface area contributed by atoms with Gasteiger partial charge in [-0.15, -0.1) is 0 Å². The van der Waals surface area contributed by atoms with Crippen molar-refractivity contribution >= 4 is 22.4 Å². The molecule has 26 heavy (non-hydrogen) atoms. The van der Waals surface area contributed by atoms with E-state index in [1.165, 1.54) is 0 Å². The zero-order valence-electron chi connectivity index (χ0n) is 15.7. The molecule has 0 heterocycles. The molecule has 0 spiro atoms. The number of hydrogen-bond donors (Lipinski definition) is 3. The Morgan fingerprint density at radius 3 is 2.50 bits per heavy atom. The fourth-order valence-corrected chi connectivity index (χ4v) is 2.97. The molecular formula is C22H26N2O2. The normalized spacial score (nSPS) is 11.4. The number of carbonyl (C=O) groups excluding carboxylic acids is 1. The molecule has 0 radical (unpaired) electrons. The number of amides is 1. The van der Waals surface area contributed by atoms with E-state index in [2.05, 4.69) is 5.32 Å². The van der Waals surface area contributed by atoms with Crippen molar-refractivity contribution in [1.82, 2.24) is 5.32 Å². The Bertz CT molecular complexity index is 919. The molecule has 0 aliphatic carbocycles. The summed E-state index contributed by atoms with van der Waals surface area (Å²) in [5.41, 5.74) is 8.45. The van der Waals surface area contributed by atoms with Crippen LogP contribution >= 0.6 is 0 Å². The van der Waals surface area contributed by atoms with Gasteiger partial charge in [0.2, 0.25) is 0 Å². The van der Waals surface area contributed by atoms with Crippen LogP contribution in [0, 0.1) is 6.92 Å². The highest BCUT2D eigenvalue weighted by Gasteiger charge is 2.18. The Hall–Kier alpha value is -3.01. The average Bonchev–Trinajstić information content (AvgIpc) is 2.65. The molecule has 3 aromatic carbocycles. The Balaban J connectivity index is 0.00000117. The van der Waals surface area contributed by atoms with Gasteiger partial charge in [0.05, 0.1) is 6.04 Å². The molecule has 0 saturated carbocycles. The lowest BCUT2D eigenvalue weighted by Crippen LogP contribution is -2.27. The van der Waals surface area contributed by atoms with Crippen LogP contribution in [0.2, 0.25) is 0 Å². The fraction of sp³-hybridized carbons (Fsp3) is 0.227. The van der Waals surface area contributed by atoms with E-state index in [1.54, 1.807) is 18.2 Å². The van der Waals surface area contributed by atoms with E-state index < -0.39 is 0 Å². The molecule has 0 saturated heterocycles. The Morgan fingerprint density at radius 1 is 1.08 bits per heavy atom. The number of benzene rings is 3. The van der Waals surface area contributed by atoms with Crippen LogP contribution in [0.15, 0.2) is 54.6 Å². The van der Waals surface area contributed by atoms with Gasteiger partial charge in [0, 0.05) is 16.8 Å². The Labute approximate surface area is 154 Å². The van der Waals surface area contributed by atoms with Crippen LogP contribution in [0.25, 0.3) is 10.8 Å². The molecule has 0 aliphatic heterocycles. The predicted octanol–water partition coefficient (Wildman–Crippen LogP) is 4.95. The maximum absolute atomic E-state index is 12.6. The quantitative estimate of drug-likeness (QED) is 0.585. The highest BCUT2D eigenvalue weighted by molar-refractivity contribution is 5.97. The van der Waals surface area contributed by atoms with Gasteiger partial charge in [0.15, 0.2) is 0 Å². The number of phenols is 1. The number of hydrogen-bond acceptors (Lipinski definition) is 3. The van der Waals surface area contributed by atoms with Crippen LogP contribution in [-0.2, 0) is 0 Å². The average molecular weight is 350 g/mol. The van der Waals surface area contributed by atoms with Crippen molar-refractivity contribution in [3.05, 3.63) is 71.3 Å². The van der Waals surface area contributed by atoms with Crippen molar-refractivity contribution in [2.24, 2.45) is 0 Å². The summed E-state index contributed by atoms with van der Waals surface area (Å²) in [6, 6.07) is 16.2. The topological polar surface area (TPSA) is 75.4 Å². The van der Waals surface area contributed by atoms with E-state index in [9.17, 15) is 9.90 Å². The summed E-state index contributed by atoms with van der Waals surface area (Å²) in [4.78, 5) is 12.6. The summed E-state index contributed by atoms with van der Waals surface area (Å²) < 4.78 is 0. The second kappa shape index (κ2) is 8.39. The summed E-state index contributed by atoms with van der Waals surface area (Å²) in [7, 11) is 0. The molecule has 3 rings (SSSR count). The molecule has 4 N–H and O–H groups in total. The molecule has 1 amide bonds. The van der Waals surface area contributed by atoms with Crippen LogP contribution in [0.3, 0.4) is 0 Å². The lowest BCUT2D eigenvalue weighted by Gasteiger charge is -2.19. The van der Waals surface area contributed by atoms with Gasteiger partial charge in [-0.1, -0.05) is 50.2 Å². The van der Waals surface area contributed by atoms with Crippen molar-refractivity contribution in [2.45, 2.75) is 33.7 Å². The van der Waals surface area contributed by atoms with Crippen LogP contribution in [0.1, 0.15) is 48.3 Å². The highest BCUT2D eigenvalue weighted by atomic mass is 16.3. The molecule has 0 aliphatic rings. The first kappa shape index (κ1) is 19.3. The number of aryl methyl sites for hydroxylation is 1. The first-order valence-electron chi connectivity index (χ1n) is 8.85. The first-order valence-corrected chi connectivity index (χ1v) is 8.85. The third-order valence-corrected chi connectivity index (χ3v) is 4.23. The van der Waals surface area contributed by atoms with E-state index in [4.69, 9.17) is 5.73 Å². The molecule has 1 unspecified atom stereocenters. The molecule has 3 aromatic rings. The molecule has 136 valence electrons. The van der Waals surface area contributed by atoms with Crippen molar-refractivity contribution in [3.8, 4) is 5.75 Å². The summed E-state index contributed by atoms with van der Waals surface area (Å²) in [6.45, 7) is 7.73. The minimum absolute atomic E-state index is 0.172. The van der Waals surface area contributed by atoms with E-state index in [0.29, 0.717) is 16.8 Å². The monoisotopic (exact) mass is 350 g/mol. The molecule has 0 aromatic heterocycles. The minimum Gasteiger partial charge on any atom is -0.508 e. The number of nitrogens with one attached hydrogen (secondary N) is 1. The summed E-state index contributed by atoms with van der Waals surface area (Å²) >= 11 is 0. The predicted molar refractivity (Wildman–Crippen MR) is 108 cm³/mol. The van der Waals surface area contributed by atoms with Crippen LogP contribution in [0.5, 0.6) is 5.75 Å². The lowest BCUT2D eigenvalue weighted by atomic mass is 9.98. The maximum Gasteiger partial charge on any atom is 0.252 e. The largest absolute Gasteiger partial charge is 0.508 e. The second-order valence-corrected chi connectivity index (χ2v) is 5.99. The molecule has 4 nitrogen and oxygen atoms in total. The number of rotatable bonds is 3. The van der Waals surface area contributed by atoms with Crippen LogP contribution in [0.4, 0.5) is 5.69 Å². The second-order valence-electron chi connectivity index (χ2n) is 5.99. The highest BCUT2D eigenvalue weighted by Crippen LogP contribution is 2.32. The van der Waals surface area contributed by atoms with Gasteiger partial charge in [-0.2, -0.15) is 0 Å². The van der Waals surface area contributed by atoms with E-state index in [-0.39, 0.29) is 17.7 Å². The zero-order chi connectivity index (χ0) is 19.3. The number of nitrogen functional groups attached to an aromatic ring is 1. The number of phenolic OH excluding ortho intramolecular Hbond substituents is 1. The van der Waals surface area contributed by atoms with E-state index >= 15 is 0 Å². The van der Waals surface area contributed by atoms with Crippen molar-refractivity contribution in [1.29, 1.82) is 0 Å². The van der Waals surface area contributed by atoms with Gasteiger partial charge in [0.1, 0.15) is 5.75 Å². The molecule has 1 atom stereocenters. The van der Waals surface area contributed by atoms with Crippen LogP contribution in [-0.4, -0.2) is 11.0 Å². The van der Waals surface area contributed by atoms with E-state index in [0.717, 1.165) is 16.3 Å². The Morgan fingerprint density at radius 2 is 1.77 bits per heavy atom. The number of aromatic hydroxyl groups is 1. The molecule has 0 bridgehead atoms. The van der Waals surface area contributed by atoms with Crippen molar-refractivity contribution < 1.29 is 9.90 Å². The van der Waals surface area contributed by atoms with Crippen molar-refractivity contribution in [2.75, 3.05) is 5.73 Å². The minimum atomic E-state index is -0.343. The number of nitrogens with two attached hydrogens (primary N) is 1. The SMILES string of the molecule is CC.Cc1ccc(N)cc1C(=O)NC(C)c1c(O)ccc2ccccc12. The zero-order valence-corrected chi connectivity index (χ0v) is 15.7. The van der Waals surface area contributed by atoms with E-state index in [1.807, 2.05) is 64.1 Å². The van der Waals surface area contributed by atoms with Gasteiger partial charge in [-0.05, 0) is 48.4 Å². The van der Waals surface area contributed by atoms with Gasteiger partial charge in [-0.3, -0.25) is 4.79 Å². The summed E-state index contributed by atoms with van der Waals surface area (Å²) in [6.07, 6.45) is 0. The fourth-order valence-electron chi connectivity index (χ4n) is 2.97. The van der Waals surface area contributed by atoms with Gasteiger partial charge < -0.3 is 16.2 Å². The molecule has 0 fully saturated rings. The van der Waals surface area contributed by atoms with Crippen LogP contribution < -0.4 is 11.1 Å². The Kier molecular flexibility index (Phi) is 6.23. The van der Waals surface area contributed by atoms with Crippen molar-refractivity contribution in [3.63, 3.8) is 0 Å². The third kappa shape index (κ3) is 3.97. The number of fused-ring (bicyclic) bond motifs is 1. The maximum atomic E-state index is 12.6. The van der Waals surface area contributed by atoms with Gasteiger partial charge in [-0.25, -0.2) is 0 Å².